The number of hydrogen-bond acceptors (Lipinski definition) is 4. The Morgan fingerprint density at radius 1 is 1.26 bits per heavy atom. The molecule has 1 aromatic carbocycles. The van der Waals surface area contributed by atoms with E-state index in [4.69, 9.17) is 0 Å². The lowest BCUT2D eigenvalue weighted by molar-refractivity contribution is -0.141. The zero-order valence-electron chi connectivity index (χ0n) is 17.4. The molecule has 1 aliphatic heterocycles. The van der Waals surface area contributed by atoms with E-state index in [9.17, 15) is 18.0 Å². The Kier molecular flexibility index (Phi) is 5.70. The number of likely N-dealkylation sites (tertiary alicyclic amines) is 1. The SMILES string of the molecule is CCN1CCC(C(=O)N(CC)c2ccc3[nH]nc(-c4ccnc(C(F)(F)F)c4)c3c2)C1. The topological polar surface area (TPSA) is 65.1 Å². The van der Waals surface area contributed by atoms with Gasteiger partial charge >= 0.3 is 6.18 Å². The molecule has 31 heavy (non-hydrogen) atoms. The van der Waals surface area contributed by atoms with Crippen LogP contribution in [0.4, 0.5) is 18.9 Å². The Bertz CT molecular complexity index is 1090. The van der Waals surface area contributed by atoms with E-state index in [1.807, 2.05) is 19.1 Å². The van der Waals surface area contributed by atoms with Crippen LogP contribution < -0.4 is 4.90 Å². The van der Waals surface area contributed by atoms with Gasteiger partial charge in [-0.25, -0.2) is 0 Å². The number of aromatic nitrogens is 3. The van der Waals surface area contributed by atoms with Gasteiger partial charge in [-0.15, -0.1) is 0 Å². The average Bonchev–Trinajstić information content (AvgIpc) is 3.40. The second kappa shape index (κ2) is 8.30. The fourth-order valence-electron chi connectivity index (χ4n) is 4.13. The Balaban J connectivity index is 1.69. The van der Waals surface area contributed by atoms with Gasteiger partial charge in [-0.1, -0.05) is 6.92 Å². The number of hydrogen-bond donors (Lipinski definition) is 1. The Morgan fingerprint density at radius 2 is 2.06 bits per heavy atom. The van der Waals surface area contributed by atoms with E-state index in [2.05, 4.69) is 27.0 Å². The number of benzene rings is 1. The van der Waals surface area contributed by atoms with Crippen molar-refractivity contribution in [2.24, 2.45) is 5.92 Å². The predicted octanol–water partition coefficient (Wildman–Crippen LogP) is 4.34. The predicted molar refractivity (Wildman–Crippen MR) is 113 cm³/mol. The van der Waals surface area contributed by atoms with Gasteiger partial charge in [-0.2, -0.15) is 18.3 Å². The van der Waals surface area contributed by atoms with Crippen molar-refractivity contribution in [3.63, 3.8) is 0 Å². The number of carbonyl (C=O) groups is 1. The molecule has 3 aromatic rings. The molecule has 1 aliphatic rings. The molecule has 1 N–H and O–H groups in total. The maximum absolute atomic E-state index is 13.2. The normalized spacial score (nSPS) is 17.4. The van der Waals surface area contributed by atoms with Crippen molar-refractivity contribution in [3.8, 4) is 11.3 Å². The molecule has 1 atom stereocenters. The Morgan fingerprint density at radius 3 is 2.74 bits per heavy atom. The molecule has 164 valence electrons. The molecule has 1 fully saturated rings. The minimum Gasteiger partial charge on any atom is -0.312 e. The van der Waals surface area contributed by atoms with Crippen molar-refractivity contribution < 1.29 is 18.0 Å². The van der Waals surface area contributed by atoms with Crippen molar-refractivity contribution in [2.75, 3.05) is 31.1 Å². The lowest BCUT2D eigenvalue weighted by atomic mass is 10.0. The highest BCUT2D eigenvalue weighted by Gasteiger charge is 2.33. The lowest BCUT2D eigenvalue weighted by Gasteiger charge is -2.24. The van der Waals surface area contributed by atoms with Crippen molar-refractivity contribution >= 4 is 22.5 Å². The number of aromatic amines is 1. The van der Waals surface area contributed by atoms with E-state index in [0.29, 0.717) is 34.4 Å². The summed E-state index contributed by atoms with van der Waals surface area (Å²) < 4.78 is 39.3. The summed E-state index contributed by atoms with van der Waals surface area (Å²) in [4.78, 5) is 20.6. The molecule has 1 unspecified atom stereocenters. The van der Waals surface area contributed by atoms with E-state index in [1.165, 1.54) is 6.07 Å². The third-order valence-corrected chi connectivity index (χ3v) is 5.83. The van der Waals surface area contributed by atoms with Gasteiger partial charge in [0.05, 0.1) is 11.4 Å². The minimum absolute atomic E-state index is 0.0473. The van der Waals surface area contributed by atoms with E-state index >= 15 is 0 Å². The summed E-state index contributed by atoms with van der Waals surface area (Å²) in [6.07, 6.45) is -2.57. The molecule has 0 aliphatic carbocycles. The number of carbonyl (C=O) groups excluding carboxylic acids is 1. The maximum atomic E-state index is 13.2. The largest absolute Gasteiger partial charge is 0.433 e. The molecule has 6 nitrogen and oxygen atoms in total. The number of rotatable bonds is 5. The first kappa shape index (κ1) is 21.3. The monoisotopic (exact) mass is 431 g/mol. The van der Waals surface area contributed by atoms with Crippen molar-refractivity contribution in [3.05, 3.63) is 42.2 Å². The molecular weight excluding hydrogens is 407 g/mol. The fourth-order valence-corrected chi connectivity index (χ4v) is 4.13. The van der Waals surface area contributed by atoms with Crippen LogP contribution in [0.1, 0.15) is 26.0 Å². The van der Waals surface area contributed by atoms with Crippen LogP contribution in [0, 0.1) is 5.92 Å². The van der Waals surface area contributed by atoms with Gasteiger partial charge in [-0.3, -0.25) is 14.9 Å². The quantitative estimate of drug-likeness (QED) is 0.653. The summed E-state index contributed by atoms with van der Waals surface area (Å²) in [7, 11) is 0. The number of halogens is 3. The molecule has 0 bridgehead atoms. The molecule has 3 heterocycles. The highest BCUT2D eigenvalue weighted by Crippen LogP contribution is 2.34. The van der Waals surface area contributed by atoms with Crippen molar-refractivity contribution in [2.45, 2.75) is 26.4 Å². The second-order valence-corrected chi connectivity index (χ2v) is 7.69. The van der Waals surface area contributed by atoms with Gasteiger partial charge in [0.1, 0.15) is 11.4 Å². The van der Waals surface area contributed by atoms with Gasteiger partial charge < -0.3 is 9.80 Å². The van der Waals surface area contributed by atoms with E-state index < -0.39 is 11.9 Å². The zero-order chi connectivity index (χ0) is 22.2. The molecule has 0 spiro atoms. The lowest BCUT2D eigenvalue weighted by Crippen LogP contribution is -2.37. The van der Waals surface area contributed by atoms with Gasteiger partial charge in [0.25, 0.3) is 0 Å². The molecular formula is C22H24F3N5O. The molecule has 9 heteroatoms. The summed E-state index contributed by atoms with van der Waals surface area (Å²) >= 11 is 0. The van der Waals surface area contributed by atoms with Crippen LogP contribution >= 0.6 is 0 Å². The highest BCUT2D eigenvalue weighted by atomic mass is 19.4. The van der Waals surface area contributed by atoms with Crippen LogP contribution in [-0.4, -0.2) is 52.2 Å². The maximum Gasteiger partial charge on any atom is 0.433 e. The van der Waals surface area contributed by atoms with E-state index in [-0.39, 0.29) is 11.8 Å². The summed E-state index contributed by atoms with van der Waals surface area (Å²) in [5, 5.41) is 7.75. The smallest absolute Gasteiger partial charge is 0.312 e. The first-order valence-electron chi connectivity index (χ1n) is 10.4. The number of nitrogens with one attached hydrogen (secondary N) is 1. The molecule has 1 saturated heterocycles. The van der Waals surface area contributed by atoms with Gasteiger partial charge in [0.2, 0.25) is 5.91 Å². The molecule has 0 saturated carbocycles. The van der Waals surface area contributed by atoms with Crippen molar-refractivity contribution in [1.29, 1.82) is 0 Å². The minimum atomic E-state index is -4.54. The molecule has 1 amide bonds. The average molecular weight is 431 g/mol. The van der Waals surface area contributed by atoms with E-state index in [0.717, 1.165) is 38.3 Å². The number of amides is 1. The van der Waals surface area contributed by atoms with Crippen molar-refractivity contribution in [1.82, 2.24) is 20.1 Å². The standard InChI is InChI=1S/C22H24F3N5O/c1-3-29-10-8-15(13-29)21(31)30(4-2)16-5-6-18-17(12-16)20(28-27-18)14-7-9-26-19(11-14)22(23,24)25/h5-7,9,11-12,15H,3-4,8,10,13H2,1-2H3,(H,27,28). The van der Waals surface area contributed by atoms with Crippen LogP contribution in [0.5, 0.6) is 0 Å². The first-order valence-corrected chi connectivity index (χ1v) is 10.4. The first-order chi connectivity index (χ1) is 14.8. The highest BCUT2D eigenvalue weighted by molar-refractivity contribution is 6.00. The van der Waals surface area contributed by atoms with Gasteiger partial charge in [0.15, 0.2) is 0 Å². The number of fused-ring (bicyclic) bond motifs is 1. The van der Waals surface area contributed by atoms with Crippen LogP contribution in [0.25, 0.3) is 22.2 Å². The summed E-state index contributed by atoms with van der Waals surface area (Å²) in [5.74, 6) is 0.0278. The van der Waals surface area contributed by atoms with E-state index in [1.54, 1.807) is 11.0 Å². The third-order valence-electron chi connectivity index (χ3n) is 5.83. The summed E-state index contributed by atoms with van der Waals surface area (Å²) in [6, 6.07) is 7.94. The van der Waals surface area contributed by atoms with Crippen LogP contribution in [-0.2, 0) is 11.0 Å². The number of anilines is 1. The van der Waals surface area contributed by atoms with Gasteiger partial charge in [0, 0.05) is 35.9 Å². The van der Waals surface area contributed by atoms with Gasteiger partial charge in [-0.05, 0) is 56.8 Å². The molecule has 2 aromatic heterocycles. The number of H-pyrrole nitrogens is 1. The number of pyridine rings is 1. The summed E-state index contributed by atoms with van der Waals surface area (Å²) in [6.45, 7) is 7.10. The van der Waals surface area contributed by atoms with Crippen LogP contribution in [0.15, 0.2) is 36.5 Å². The van der Waals surface area contributed by atoms with Crippen LogP contribution in [0.2, 0.25) is 0 Å². The Hall–Kier alpha value is -2.94. The fraction of sp³-hybridized carbons (Fsp3) is 0.409. The number of alkyl halides is 3. The summed E-state index contributed by atoms with van der Waals surface area (Å²) in [5.41, 5.74) is 1.14. The molecule has 4 rings (SSSR count). The molecule has 0 radical (unpaired) electrons. The zero-order valence-corrected chi connectivity index (χ0v) is 17.4. The number of nitrogens with zero attached hydrogens (tertiary/aromatic N) is 4. The Labute approximate surface area is 178 Å². The second-order valence-electron chi connectivity index (χ2n) is 7.69. The third kappa shape index (κ3) is 4.14. The van der Waals surface area contributed by atoms with Crippen LogP contribution in [0.3, 0.4) is 0 Å².